The van der Waals surface area contributed by atoms with Crippen LogP contribution in [0.2, 0.25) is 0 Å². The number of aliphatic imine (C=N–C) groups is 1. The van der Waals surface area contributed by atoms with E-state index in [1.165, 1.54) is 12.1 Å². The van der Waals surface area contributed by atoms with Crippen molar-refractivity contribution in [3.63, 3.8) is 0 Å². The molecule has 0 fully saturated rings. The van der Waals surface area contributed by atoms with E-state index in [4.69, 9.17) is 0 Å². The molecule has 0 aliphatic rings. The van der Waals surface area contributed by atoms with Gasteiger partial charge in [0, 0.05) is 32.7 Å². The molecule has 0 bridgehead atoms. The Labute approximate surface area is 172 Å². The Kier molecular flexibility index (Phi) is 7.37. The van der Waals surface area contributed by atoms with Gasteiger partial charge in [0.1, 0.15) is 5.82 Å². The van der Waals surface area contributed by atoms with Crippen LogP contribution in [-0.2, 0) is 23.1 Å². The molecule has 0 radical (unpaired) electrons. The lowest BCUT2D eigenvalue weighted by atomic mass is 10.1. The van der Waals surface area contributed by atoms with Gasteiger partial charge in [0.05, 0.1) is 4.90 Å². The molecule has 0 aliphatic carbocycles. The lowest BCUT2D eigenvalue weighted by Crippen LogP contribution is -2.41. The zero-order valence-electron chi connectivity index (χ0n) is 17.5. The number of hydrogen-bond acceptors (Lipinski definition) is 3. The van der Waals surface area contributed by atoms with Gasteiger partial charge in [-0.2, -0.15) is 0 Å². The average Bonchev–Trinajstić information content (AvgIpc) is 2.60. The first kappa shape index (κ1) is 22.8. The van der Waals surface area contributed by atoms with E-state index in [1.54, 1.807) is 58.2 Å². The first-order chi connectivity index (χ1) is 13.5. The summed E-state index contributed by atoms with van der Waals surface area (Å²) in [5.74, 6) is 0.287. The molecule has 0 aliphatic heterocycles. The molecule has 0 atom stereocenters. The molecule has 8 heteroatoms. The van der Waals surface area contributed by atoms with Crippen molar-refractivity contribution in [1.29, 1.82) is 0 Å². The number of rotatable bonds is 6. The first-order valence-corrected chi connectivity index (χ1v) is 10.8. The third kappa shape index (κ3) is 6.83. The molecule has 0 unspecified atom stereocenters. The molecule has 2 rings (SSSR count). The van der Waals surface area contributed by atoms with Gasteiger partial charge in [0.2, 0.25) is 10.0 Å². The monoisotopic (exact) mass is 420 g/mol. The van der Waals surface area contributed by atoms with Crippen LogP contribution in [0.5, 0.6) is 0 Å². The van der Waals surface area contributed by atoms with E-state index in [2.05, 4.69) is 15.0 Å². The standard InChI is InChI=1S/C21H29FN4O2S/c1-21(2,3)25-29(27,28)19-12-7-6-10-17(19)14-24-20(23-4)26(5)15-16-9-8-11-18(22)13-16/h6-13,25H,14-15H2,1-5H3,(H,23,24). The molecule has 0 saturated heterocycles. The van der Waals surface area contributed by atoms with Crippen molar-refractivity contribution in [3.05, 3.63) is 65.5 Å². The summed E-state index contributed by atoms with van der Waals surface area (Å²) in [5, 5.41) is 3.19. The van der Waals surface area contributed by atoms with Crippen molar-refractivity contribution in [2.45, 2.75) is 44.3 Å². The molecule has 0 spiro atoms. The zero-order chi connectivity index (χ0) is 21.7. The van der Waals surface area contributed by atoms with Crippen LogP contribution in [0.4, 0.5) is 4.39 Å². The summed E-state index contributed by atoms with van der Waals surface area (Å²) in [6.07, 6.45) is 0. The van der Waals surface area contributed by atoms with Gasteiger partial charge in [-0.25, -0.2) is 17.5 Å². The SMILES string of the molecule is CN=C(NCc1ccccc1S(=O)(=O)NC(C)(C)C)N(C)Cc1cccc(F)c1. The lowest BCUT2D eigenvalue weighted by molar-refractivity contribution is 0.473. The Morgan fingerprint density at radius 2 is 1.83 bits per heavy atom. The molecule has 6 nitrogen and oxygen atoms in total. The zero-order valence-corrected chi connectivity index (χ0v) is 18.3. The average molecular weight is 421 g/mol. The molecule has 0 saturated carbocycles. The van der Waals surface area contributed by atoms with Crippen molar-refractivity contribution < 1.29 is 12.8 Å². The fourth-order valence-electron chi connectivity index (χ4n) is 2.91. The fourth-order valence-corrected chi connectivity index (χ4v) is 4.57. The van der Waals surface area contributed by atoms with Crippen LogP contribution in [0.1, 0.15) is 31.9 Å². The third-order valence-corrected chi connectivity index (χ3v) is 5.88. The van der Waals surface area contributed by atoms with Gasteiger partial charge in [0.15, 0.2) is 5.96 Å². The van der Waals surface area contributed by atoms with E-state index in [0.29, 0.717) is 18.1 Å². The van der Waals surface area contributed by atoms with Gasteiger partial charge in [-0.3, -0.25) is 4.99 Å². The minimum absolute atomic E-state index is 0.227. The topological polar surface area (TPSA) is 73.8 Å². The van der Waals surface area contributed by atoms with Crippen molar-refractivity contribution in [2.24, 2.45) is 4.99 Å². The number of benzene rings is 2. The highest BCUT2D eigenvalue weighted by atomic mass is 32.2. The molecule has 2 aromatic rings. The summed E-state index contributed by atoms with van der Waals surface area (Å²) in [4.78, 5) is 6.32. The van der Waals surface area contributed by atoms with Gasteiger partial charge in [-0.1, -0.05) is 30.3 Å². The maximum atomic E-state index is 13.4. The lowest BCUT2D eigenvalue weighted by Gasteiger charge is -2.24. The molecule has 0 aromatic heterocycles. The second kappa shape index (κ2) is 9.37. The van der Waals surface area contributed by atoms with E-state index >= 15 is 0 Å². The summed E-state index contributed by atoms with van der Waals surface area (Å²) in [5.41, 5.74) is 0.859. The van der Waals surface area contributed by atoms with Gasteiger partial charge >= 0.3 is 0 Å². The first-order valence-electron chi connectivity index (χ1n) is 9.30. The molecule has 29 heavy (non-hydrogen) atoms. The summed E-state index contributed by atoms with van der Waals surface area (Å²) in [6, 6.07) is 13.2. The molecular weight excluding hydrogens is 391 g/mol. The maximum absolute atomic E-state index is 13.4. The van der Waals surface area contributed by atoms with E-state index in [-0.39, 0.29) is 17.3 Å². The summed E-state index contributed by atoms with van der Waals surface area (Å²) < 4.78 is 41.6. The molecule has 0 heterocycles. The summed E-state index contributed by atoms with van der Waals surface area (Å²) in [7, 11) is -0.178. The van der Waals surface area contributed by atoms with Crippen LogP contribution in [-0.4, -0.2) is 38.9 Å². The van der Waals surface area contributed by atoms with Crippen molar-refractivity contribution in [1.82, 2.24) is 14.9 Å². The number of hydrogen-bond donors (Lipinski definition) is 2. The minimum Gasteiger partial charge on any atom is -0.352 e. The highest BCUT2D eigenvalue weighted by molar-refractivity contribution is 7.89. The van der Waals surface area contributed by atoms with E-state index in [1.807, 2.05) is 18.0 Å². The van der Waals surface area contributed by atoms with Crippen molar-refractivity contribution >= 4 is 16.0 Å². The van der Waals surface area contributed by atoms with Crippen LogP contribution in [0.25, 0.3) is 0 Å². The Morgan fingerprint density at radius 3 is 2.45 bits per heavy atom. The predicted molar refractivity (Wildman–Crippen MR) is 115 cm³/mol. The highest BCUT2D eigenvalue weighted by Gasteiger charge is 2.24. The molecule has 158 valence electrons. The normalized spacial score (nSPS) is 12.7. The quantitative estimate of drug-likeness (QED) is 0.556. The number of halogens is 1. The molecule has 2 aromatic carbocycles. The van der Waals surface area contributed by atoms with E-state index in [9.17, 15) is 12.8 Å². The van der Waals surface area contributed by atoms with Crippen LogP contribution in [0, 0.1) is 5.82 Å². The fraction of sp³-hybridized carbons (Fsp3) is 0.381. The largest absolute Gasteiger partial charge is 0.352 e. The Bertz CT molecular complexity index is 969. The van der Waals surface area contributed by atoms with Crippen LogP contribution >= 0.6 is 0 Å². The van der Waals surface area contributed by atoms with Gasteiger partial charge in [0.25, 0.3) is 0 Å². The minimum atomic E-state index is -3.66. The van der Waals surface area contributed by atoms with Gasteiger partial charge in [-0.05, 0) is 50.1 Å². The molecule has 2 N–H and O–H groups in total. The number of sulfonamides is 1. The second-order valence-electron chi connectivity index (χ2n) is 7.85. The summed E-state index contributed by atoms with van der Waals surface area (Å²) in [6.45, 7) is 6.14. The van der Waals surface area contributed by atoms with Gasteiger partial charge < -0.3 is 10.2 Å². The Hall–Kier alpha value is -2.45. The Morgan fingerprint density at radius 1 is 1.14 bits per heavy atom. The Balaban J connectivity index is 2.14. The highest BCUT2D eigenvalue weighted by Crippen LogP contribution is 2.18. The number of nitrogens with zero attached hydrogens (tertiary/aromatic N) is 2. The maximum Gasteiger partial charge on any atom is 0.241 e. The second-order valence-corrected chi connectivity index (χ2v) is 9.50. The van der Waals surface area contributed by atoms with Gasteiger partial charge in [-0.15, -0.1) is 0 Å². The van der Waals surface area contributed by atoms with E-state index < -0.39 is 15.6 Å². The van der Waals surface area contributed by atoms with Crippen molar-refractivity contribution in [2.75, 3.05) is 14.1 Å². The van der Waals surface area contributed by atoms with Crippen LogP contribution < -0.4 is 10.0 Å². The third-order valence-electron chi connectivity index (χ3n) is 4.02. The number of nitrogens with one attached hydrogen (secondary N) is 2. The molecular formula is C21H29FN4O2S. The van der Waals surface area contributed by atoms with E-state index in [0.717, 1.165) is 5.56 Å². The van der Waals surface area contributed by atoms with Crippen LogP contribution in [0.15, 0.2) is 58.4 Å². The van der Waals surface area contributed by atoms with Crippen molar-refractivity contribution in [3.8, 4) is 0 Å². The molecule has 0 amide bonds. The predicted octanol–water partition coefficient (Wildman–Crippen LogP) is 3.11. The smallest absolute Gasteiger partial charge is 0.241 e. The number of guanidine groups is 1. The van der Waals surface area contributed by atoms with Crippen LogP contribution in [0.3, 0.4) is 0 Å². The summed E-state index contributed by atoms with van der Waals surface area (Å²) >= 11 is 0.